The van der Waals surface area contributed by atoms with Crippen LogP contribution in [0.5, 0.6) is 0 Å². The minimum atomic E-state index is -0.239. The zero-order chi connectivity index (χ0) is 15.8. The average Bonchev–Trinajstić information content (AvgIpc) is 3.20. The van der Waals surface area contributed by atoms with Gasteiger partial charge in [-0.2, -0.15) is 0 Å². The molecule has 0 saturated heterocycles. The summed E-state index contributed by atoms with van der Waals surface area (Å²) in [5, 5.41) is 10.3. The van der Waals surface area contributed by atoms with Crippen LogP contribution in [0.2, 0.25) is 0 Å². The molecule has 0 aliphatic heterocycles. The highest BCUT2D eigenvalue weighted by Crippen LogP contribution is 2.49. The van der Waals surface area contributed by atoms with Crippen molar-refractivity contribution in [3.05, 3.63) is 22.3 Å². The summed E-state index contributed by atoms with van der Waals surface area (Å²) < 4.78 is 6.78. The third-order valence-electron chi connectivity index (χ3n) is 4.46. The molecular weight excluding hydrogens is 330 g/mol. The lowest BCUT2D eigenvalue weighted by atomic mass is 9.92. The lowest BCUT2D eigenvalue weighted by Crippen LogP contribution is -2.06. The molecule has 1 saturated carbocycles. The quantitative estimate of drug-likeness (QED) is 0.612. The summed E-state index contributed by atoms with van der Waals surface area (Å²) in [4.78, 5) is 13.0. The summed E-state index contributed by atoms with van der Waals surface area (Å²) in [5.74, 6) is 0.804. The van der Waals surface area contributed by atoms with Crippen molar-refractivity contribution in [2.45, 2.75) is 49.6 Å². The molecule has 2 heterocycles. The number of hydrogen-bond donors (Lipinski definition) is 0. The van der Waals surface area contributed by atoms with Gasteiger partial charge in [0.15, 0.2) is 5.16 Å². The molecule has 5 nitrogen and oxygen atoms in total. The third-order valence-corrected chi connectivity index (χ3v) is 6.81. The van der Waals surface area contributed by atoms with Crippen molar-refractivity contribution in [1.29, 1.82) is 0 Å². The maximum atomic E-state index is 11.4. The largest absolute Gasteiger partial charge is 0.468 e. The van der Waals surface area contributed by atoms with Gasteiger partial charge in [0.2, 0.25) is 0 Å². The smallest absolute Gasteiger partial charge is 0.316 e. The molecule has 0 unspecified atom stereocenters. The number of nitrogens with zero attached hydrogens (tertiary/aromatic N) is 3. The summed E-state index contributed by atoms with van der Waals surface area (Å²) >= 11 is 3.30. The molecule has 0 N–H and O–H groups in total. The van der Waals surface area contributed by atoms with Gasteiger partial charge in [-0.1, -0.05) is 11.8 Å². The first-order valence-corrected chi connectivity index (χ1v) is 9.82. The van der Waals surface area contributed by atoms with E-state index in [0.29, 0.717) is 0 Å². The van der Waals surface area contributed by atoms with Crippen LogP contribution >= 0.6 is 23.1 Å². The van der Waals surface area contributed by atoms with Crippen LogP contribution in [0.4, 0.5) is 0 Å². The number of thioether (sulfide) groups is 1. The fourth-order valence-electron chi connectivity index (χ4n) is 3.15. The van der Waals surface area contributed by atoms with Gasteiger partial charge >= 0.3 is 5.97 Å². The van der Waals surface area contributed by atoms with Gasteiger partial charge in [-0.3, -0.25) is 9.36 Å². The van der Waals surface area contributed by atoms with Crippen molar-refractivity contribution < 1.29 is 9.53 Å². The number of methoxy groups -OCH3 is 1. The molecule has 2 aliphatic carbocycles. The Morgan fingerprint density at radius 2 is 2.17 bits per heavy atom. The second-order valence-corrected chi connectivity index (χ2v) is 8.03. The molecule has 7 heteroatoms. The number of thiophene rings is 1. The number of hydrogen-bond acceptors (Lipinski definition) is 6. The Bertz CT molecular complexity index is 734. The van der Waals surface area contributed by atoms with Gasteiger partial charge in [0.05, 0.1) is 12.9 Å². The maximum Gasteiger partial charge on any atom is 0.316 e. The number of fused-ring (bicyclic) bond motifs is 1. The number of carbonyl (C=O) groups is 1. The number of ether oxygens (including phenoxy) is 1. The first-order chi connectivity index (χ1) is 11.3. The van der Waals surface area contributed by atoms with Gasteiger partial charge in [0, 0.05) is 4.88 Å². The van der Waals surface area contributed by atoms with Crippen molar-refractivity contribution in [1.82, 2.24) is 14.8 Å². The van der Waals surface area contributed by atoms with E-state index in [4.69, 9.17) is 4.74 Å². The van der Waals surface area contributed by atoms with Crippen LogP contribution in [0.25, 0.3) is 5.00 Å². The van der Waals surface area contributed by atoms with E-state index in [9.17, 15) is 4.79 Å². The van der Waals surface area contributed by atoms with E-state index in [-0.39, 0.29) is 11.7 Å². The van der Waals surface area contributed by atoms with Crippen LogP contribution in [0.15, 0.2) is 11.5 Å². The maximum absolute atomic E-state index is 11.4. The van der Waals surface area contributed by atoms with Crippen LogP contribution in [0.1, 0.15) is 47.6 Å². The fourth-order valence-corrected chi connectivity index (χ4v) is 5.50. The summed E-state index contributed by atoms with van der Waals surface area (Å²) in [7, 11) is 1.41. The Morgan fingerprint density at radius 3 is 2.91 bits per heavy atom. The van der Waals surface area contributed by atoms with Gasteiger partial charge in [0.1, 0.15) is 11.3 Å². The van der Waals surface area contributed by atoms with Gasteiger partial charge in [-0.25, -0.2) is 0 Å². The molecule has 2 aliphatic rings. The Morgan fingerprint density at radius 1 is 1.39 bits per heavy atom. The van der Waals surface area contributed by atoms with Gasteiger partial charge in [0.25, 0.3) is 0 Å². The van der Waals surface area contributed by atoms with E-state index < -0.39 is 0 Å². The van der Waals surface area contributed by atoms with E-state index >= 15 is 0 Å². The summed E-state index contributed by atoms with van der Waals surface area (Å²) in [6.45, 7) is 0. The Kier molecular flexibility index (Phi) is 4.15. The van der Waals surface area contributed by atoms with E-state index in [1.807, 2.05) is 11.3 Å². The van der Waals surface area contributed by atoms with Crippen molar-refractivity contribution in [2.75, 3.05) is 12.9 Å². The molecule has 0 atom stereocenters. The first kappa shape index (κ1) is 15.2. The molecule has 0 amide bonds. The second-order valence-electron chi connectivity index (χ2n) is 6.06. The zero-order valence-corrected chi connectivity index (χ0v) is 14.7. The highest BCUT2D eigenvalue weighted by atomic mass is 32.2. The van der Waals surface area contributed by atoms with Gasteiger partial charge < -0.3 is 4.74 Å². The highest BCUT2D eigenvalue weighted by Gasteiger charge is 2.32. The number of carbonyl (C=O) groups excluding carboxylic acids is 1. The molecule has 23 heavy (non-hydrogen) atoms. The van der Waals surface area contributed by atoms with Crippen LogP contribution in [-0.4, -0.2) is 33.6 Å². The lowest BCUT2D eigenvalue weighted by molar-refractivity contribution is -0.137. The fraction of sp³-hybridized carbons (Fsp3) is 0.562. The topological polar surface area (TPSA) is 57.0 Å². The summed E-state index contributed by atoms with van der Waals surface area (Å²) in [6, 6.07) is 0. The van der Waals surface area contributed by atoms with E-state index in [2.05, 4.69) is 14.8 Å². The molecule has 0 aromatic carbocycles. The second kappa shape index (κ2) is 6.28. The molecule has 0 bridgehead atoms. The molecule has 1 fully saturated rings. The van der Waals surface area contributed by atoms with Crippen LogP contribution in [0.3, 0.4) is 0 Å². The molecule has 4 rings (SSSR count). The van der Waals surface area contributed by atoms with Gasteiger partial charge in [-0.15, -0.1) is 21.5 Å². The molecule has 0 spiro atoms. The molecule has 0 radical (unpaired) electrons. The number of aromatic nitrogens is 3. The number of esters is 1. The average molecular weight is 349 g/mol. The normalized spacial score (nSPS) is 17.1. The summed E-state index contributed by atoms with van der Waals surface area (Å²) in [5.41, 5.74) is 3.08. The molecule has 2 aromatic heterocycles. The van der Waals surface area contributed by atoms with E-state index in [1.165, 1.54) is 61.5 Å². The molecular formula is C16H19N3O2S2. The first-order valence-electron chi connectivity index (χ1n) is 8.02. The highest BCUT2D eigenvalue weighted by molar-refractivity contribution is 7.99. The molecule has 2 aromatic rings. The Hall–Kier alpha value is -1.34. The lowest BCUT2D eigenvalue weighted by Gasteiger charge is -2.14. The van der Waals surface area contributed by atoms with Crippen molar-refractivity contribution in [3.63, 3.8) is 0 Å². The van der Waals surface area contributed by atoms with Crippen molar-refractivity contribution in [2.24, 2.45) is 0 Å². The minimum Gasteiger partial charge on any atom is -0.468 e. The number of rotatable bonds is 5. The van der Waals surface area contributed by atoms with Crippen LogP contribution in [-0.2, 0) is 22.4 Å². The SMILES string of the molecule is COC(=O)CSc1nncn1-c1sc(C2CC2)c2c1CCCC2. The molecule has 122 valence electrons. The monoisotopic (exact) mass is 349 g/mol. The third kappa shape index (κ3) is 2.92. The van der Waals surface area contributed by atoms with Crippen LogP contribution in [0, 0.1) is 0 Å². The zero-order valence-electron chi connectivity index (χ0n) is 13.1. The van der Waals surface area contributed by atoms with Gasteiger partial charge in [-0.05, 0) is 55.6 Å². The predicted octanol–water partition coefficient (Wildman–Crippen LogP) is 3.35. The van der Waals surface area contributed by atoms with E-state index in [1.54, 1.807) is 16.8 Å². The van der Waals surface area contributed by atoms with Crippen LogP contribution < -0.4 is 0 Å². The standard InChI is InChI=1S/C16H19N3O2S2/c1-21-13(20)8-22-16-18-17-9-19(16)15-12-5-3-2-4-11(12)14(23-15)10-6-7-10/h9-10H,2-8H2,1H3. The van der Waals surface area contributed by atoms with E-state index in [0.717, 1.165) is 17.5 Å². The Labute approximate surface area is 143 Å². The van der Waals surface area contributed by atoms with Crippen molar-refractivity contribution in [3.8, 4) is 5.00 Å². The minimum absolute atomic E-state index is 0.239. The Balaban J connectivity index is 1.68. The van der Waals surface area contributed by atoms with Crippen molar-refractivity contribution >= 4 is 29.1 Å². The summed E-state index contributed by atoms with van der Waals surface area (Å²) in [6.07, 6.45) is 9.36. The predicted molar refractivity (Wildman–Crippen MR) is 90.6 cm³/mol.